The molecule has 1 fully saturated rings. The lowest BCUT2D eigenvalue weighted by Gasteiger charge is -2.34. The van der Waals surface area contributed by atoms with E-state index in [-0.39, 0.29) is 5.91 Å². The Labute approximate surface area is 133 Å². The molecule has 7 heteroatoms. The fraction of sp³-hybridized carbons (Fsp3) is 0.375. The number of carbonyl (C=O) groups is 2. The summed E-state index contributed by atoms with van der Waals surface area (Å²) in [6, 6.07) is 6.46. The number of primary amides is 1. The Balaban J connectivity index is 1.98. The number of likely N-dealkylation sites (tertiary alicyclic amines) is 1. The zero-order valence-electron chi connectivity index (χ0n) is 12.9. The van der Waals surface area contributed by atoms with Crippen molar-refractivity contribution in [2.45, 2.75) is 32.2 Å². The van der Waals surface area contributed by atoms with E-state index in [1.807, 2.05) is 0 Å². The molecule has 1 unspecified atom stereocenters. The number of aryl methyl sites for hydroxylation is 1. The third-order valence-electron chi connectivity index (χ3n) is 4.01. The first-order valence-corrected chi connectivity index (χ1v) is 7.58. The van der Waals surface area contributed by atoms with Gasteiger partial charge in [0.25, 0.3) is 11.8 Å². The van der Waals surface area contributed by atoms with E-state index in [2.05, 4.69) is 10.1 Å². The third kappa shape index (κ3) is 2.94. The molecular formula is C16H18N4O3. The largest absolute Gasteiger partial charge is 0.368 e. The molecule has 3 rings (SSSR count). The van der Waals surface area contributed by atoms with E-state index in [0.29, 0.717) is 35.8 Å². The van der Waals surface area contributed by atoms with Crippen LogP contribution < -0.4 is 5.73 Å². The molecule has 23 heavy (non-hydrogen) atoms. The Hall–Kier alpha value is -2.70. The second kappa shape index (κ2) is 6.20. The molecule has 7 nitrogen and oxygen atoms in total. The van der Waals surface area contributed by atoms with Gasteiger partial charge in [-0.1, -0.05) is 17.3 Å². The van der Waals surface area contributed by atoms with Crippen molar-refractivity contribution in [2.75, 3.05) is 6.54 Å². The summed E-state index contributed by atoms with van der Waals surface area (Å²) in [5, 5.41) is 3.76. The van der Waals surface area contributed by atoms with E-state index in [4.69, 9.17) is 10.3 Å². The van der Waals surface area contributed by atoms with Gasteiger partial charge in [-0.25, -0.2) is 0 Å². The molecule has 1 atom stereocenters. The Bertz CT molecular complexity index is 740. The number of rotatable bonds is 3. The molecule has 0 saturated carbocycles. The monoisotopic (exact) mass is 314 g/mol. The molecule has 0 aliphatic carbocycles. The van der Waals surface area contributed by atoms with Crippen LogP contribution in [0.5, 0.6) is 0 Å². The summed E-state index contributed by atoms with van der Waals surface area (Å²) in [5.41, 5.74) is 6.45. The molecule has 2 amide bonds. The van der Waals surface area contributed by atoms with Gasteiger partial charge in [0, 0.05) is 6.54 Å². The van der Waals surface area contributed by atoms with E-state index >= 15 is 0 Å². The third-order valence-corrected chi connectivity index (χ3v) is 4.01. The first-order valence-electron chi connectivity index (χ1n) is 7.58. The van der Waals surface area contributed by atoms with E-state index < -0.39 is 11.9 Å². The molecular weight excluding hydrogens is 296 g/mol. The van der Waals surface area contributed by atoms with Crippen LogP contribution in [0.2, 0.25) is 0 Å². The van der Waals surface area contributed by atoms with Crippen LogP contribution in [0.25, 0.3) is 11.5 Å². The minimum absolute atomic E-state index is 0.236. The van der Waals surface area contributed by atoms with Gasteiger partial charge < -0.3 is 15.2 Å². The molecule has 2 N–H and O–H groups in total. The first kappa shape index (κ1) is 15.2. The number of hydrogen-bond acceptors (Lipinski definition) is 5. The highest BCUT2D eigenvalue weighted by Gasteiger charge is 2.32. The standard InChI is InChI=1S/C16H18N4O3/c1-10-18-15(23-19-10)11-6-2-3-7-12(11)16(22)20-9-5-4-8-13(20)14(17)21/h2-3,6-7,13H,4-5,8-9H2,1H3,(H2,17,21). The summed E-state index contributed by atoms with van der Waals surface area (Å²) in [6.45, 7) is 2.23. The Morgan fingerprint density at radius 3 is 2.78 bits per heavy atom. The lowest BCUT2D eigenvalue weighted by Crippen LogP contribution is -2.50. The number of amides is 2. The number of nitrogens with two attached hydrogens (primary N) is 1. The van der Waals surface area contributed by atoms with Gasteiger partial charge in [-0.3, -0.25) is 9.59 Å². The van der Waals surface area contributed by atoms with E-state index in [1.54, 1.807) is 36.1 Å². The van der Waals surface area contributed by atoms with Gasteiger partial charge in [0.2, 0.25) is 5.91 Å². The smallest absolute Gasteiger partial charge is 0.258 e. The molecule has 2 aromatic rings. The zero-order valence-corrected chi connectivity index (χ0v) is 12.9. The molecule has 0 bridgehead atoms. The van der Waals surface area contributed by atoms with Gasteiger partial charge in [0.15, 0.2) is 5.82 Å². The predicted octanol–water partition coefficient (Wildman–Crippen LogP) is 1.53. The molecule has 0 radical (unpaired) electrons. The maximum absolute atomic E-state index is 12.9. The molecule has 120 valence electrons. The van der Waals surface area contributed by atoms with Crippen molar-refractivity contribution < 1.29 is 14.1 Å². The highest BCUT2D eigenvalue weighted by atomic mass is 16.5. The van der Waals surface area contributed by atoms with E-state index in [0.717, 1.165) is 12.8 Å². The number of piperidine rings is 1. The van der Waals surface area contributed by atoms with Crippen molar-refractivity contribution >= 4 is 11.8 Å². The summed E-state index contributed by atoms with van der Waals surface area (Å²) in [7, 11) is 0. The number of benzene rings is 1. The first-order chi connectivity index (χ1) is 11.1. The van der Waals surface area contributed by atoms with Gasteiger partial charge in [-0.05, 0) is 38.3 Å². The molecule has 1 aromatic carbocycles. The van der Waals surface area contributed by atoms with Gasteiger partial charge >= 0.3 is 0 Å². The highest BCUT2D eigenvalue weighted by Crippen LogP contribution is 2.26. The van der Waals surface area contributed by atoms with Crippen LogP contribution in [0.3, 0.4) is 0 Å². The Morgan fingerprint density at radius 1 is 1.30 bits per heavy atom. The number of nitrogens with zero attached hydrogens (tertiary/aromatic N) is 3. The van der Waals surface area contributed by atoms with Crippen LogP contribution in [0.15, 0.2) is 28.8 Å². The molecule has 1 saturated heterocycles. The van der Waals surface area contributed by atoms with Crippen molar-refractivity contribution in [2.24, 2.45) is 5.73 Å². The zero-order chi connectivity index (χ0) is 16.4. The lowest BCUT2D eigenvalue weighted by atomic mass is 9.98. The number of hydrogen-bond donors (Lipinski definition) is 1. The van der Waals surface area contributed by atoms with Crippen molar-refractivity contribution in [3.63, 3.8) is 0 Å². The molecule has 1 aliphatic rings. The summed E-state index contributed by atoms with van der Waals surface area (Å²) in [4.78, 5) is 30.3. The summed E-state index contributed by atoms with van der Waals surface area (Å²) < 4.78 is 5.18. The minimum Gasteiger partial charge on any atom is -0.368 e. The van der Waals surface area contributed by atoms with Crippen molar-refractivity contribution in [1.29, 1.82) is 0 Å². The Kier molecular flexibility index (Phi) is 4.10. The van der Waals surface area contributed by atoms with Crippen LogP contribution in [0.1, 0.15) is 35.4 Å². The van der Waals surface area contributed by atoms with E-state index in [9.17, 15) is 9.59 Å². The van der Waals surface area contributed by atoms with Crippen LogP contribution in [0.4, 0.5) is 0 Å². The second-order valence-corrected chi connectivity index (χ2v) is 5.60. The quantitative estimate of drug-likeness (QED) is 0.925. The normalized spacial score (nSPS) is 18.0. The maximum Gasteiger partial charge on any atom is 0.258 e. The summed E-state index contributed by atoms with van der Waals surface area (Å²) in [5.74, 6) is 0.0819. The molecule has 2 heterocycles. The fourth-order valence-electron chi connectivity index (χ4n) is 2.89. The van der Waals surface area contributed by atoms with Gasteiger partial charge in [0.05, 0.1) is 11.1 Å². The van der Waals surface area contributed by atoms with Crippen molar-refractivity contribution in [3.8, 4) is 11.5 Å². The maximum atomic E-state index is 12.9. The Morgan fingerprint density at radius 2 is 2.09 bits per heavy atom. The molecule has 1 aromatic heterocycles. The number of carbonyl (C=O) groups excluding carboxylic acids is 2. The average molecular weight is 314 g/mol. The average Bonchev–Trinajstić information content (AvgIpc) is 3.00. The summed E-state index contributed by atoms with van der Waals surface area (Å²) >= 11 is 0. The topological polar surface area (TPSA) is 102 Å². The van der Waals surface area contributed by atoms with Gasteiger partial charge in [-0.2, -0.15) is 4.98 Å². The molecule has 0 spiro atoms. The van der Waals surface area contributed by atoms with E-state index in [1.165, 1.54) is 0 Å². The van der Waals surface area contributed by atoms with Gasteiger partial charge in [-0.15, -0.1) is 0 Å². The van der Waals surface area contributed by atoms with Gasteiger partial charge in [0.1, 0.15) is 6.04 Å². The van der Waals surface area contributed by atoms with Crippen molar-refractivity contribution in [3.05, 3.63) is 35.7 Å². The lowest BCUT2D eigenvalue weighted by molar-refractivity contribution is -0.123. The van der Waals surface area contributed by atoms with Crippen molar-refractivity contribution in [1.82, 2.24) is 15.0 Å². The van der Waals surface area contributed by atoms with Crippen LogP contribution >= 0.6 is 0 Å². The number of aromatic nitrogens is 2. The van der Waals surface area contributed by atoms with Crippen LogP contribution in [-0.4, -0.2) is 39.4 Å². The fourth-order valence-corrected chi connectivity index (χ4v) is 2.89. The van der Waals surface area contributed by atoms with Crippen LogP contribution in [0, 0.1) is 6.92 Å². The highest BCUT2D eigenvalue weighted by molar-refractivity contribution is 6.02. The van der Waals surface area contributed by atoms with Crippen LogP contribution in [-0.2, 0) is 4.79 Å². The SMILES string of the molecule is Cc1noc(-c2ccccc2C(=O)N2CCCCC2C(N)=O)n1. The summed E-state index contributed by atoms with van der Waals surface area (Å²) in [6.07, 6.45) is 2.35. The minimum atomic E-state index is -0.561. The molecule has 1 aliphatic heterocycles. The second-order valence-electron chi connectivity index (χ2n) is 5.60. The predicted molar refractivity (Wildman–Crippen MR) is 82.3 cm³/mol.